The number of nitrogens with two attached hydrogens (primary N) is 1. The molecule has 0 amide bonds. The predicted molar refractivity (Wildman–Crippen MR) is 134 cm³/mol. The van der Waals surface area contributed by atoms with Crippen molar-refractivity contribution in [3.05, 3.63) is 90.1 Å². The molecule has 5 N–H and O–H groups in total. The molecule has 9 heteroatoms. The largest absolute Gasteiger partial charge is 0.368 e. The molecule has 0 atom stereocenters. The van der Waals surface area contributed by atoms with Crippen LogP contribution in [-0.4, -0.2) is 19.9 Å². The molecule has 0 fully saturated rings. The van der Waals surface area contributed by atoms with Crippen LogP contribution in [0.3, 0.4) is 0 Å². The van der Waals surface area contributed by atoms with Crippen LogP contribution in [0.15, 0.2) is 85.1 Å². The number of halogens is 1. The molecule has 33 heavy (non-hydrogen) atoms. The fraction of sp³-hybridized carbons (Fsp3) is 0. The van der Waals surface area contributed by atoms with Gasteiger partial charge in [-0.25, -0.2) is 0 Å². The van der Waals surface area contributed by atoms with Crippen molar-refractivity contribution in [2.75, 3.05) is 21.7 Å². The number of nitrogens with one attached hydrogen (secondary N) is 3. The summed E-state index contributed by atoms with van der Waals surface area (Å²) in [6.45, 7) is 0. The summed E-state index contributed by atoms with van der Waals surface area (Å²) in [7, 11) is 0. The van der Waals surface area contributed by atoms with Gasteiger partial charge < -0.3 is 21.7 Å². The van der Waals surface area contributed by atoms with Crippen LogP contribution in [0, 0.1) is 0 Å². The lowest BCUT2D eigenvalue weighted by Crippen LogP contribution is -2.07. The maximum Gasteiger partial charge on any atom is 0.233 e. The summed E-state index contributed by atoms with van der Waals surface area (Å²) in [5, 5.41) is 11.3. The number of nitrogen functional groups attached to an aromatic ring is 1. The molecular weight excluding hydrogens is 436 g/mol. The van der Waals surface area contributed by atoms with Gasteiger partial charge in [0.15, 0.2) is 0 Å². The average Bonchev–Trinajstić information content (AvgIpc) is 2.81. The predicted octanol–water partition coefficient (Wildman–Crippen LogP) is 5.89. The average molecular weight is 455 g/mol. The van der Waals surface area contributed by atoms with Crippen LogP contribution < -0.4 is 21.7 Å². The van der Waals surface area contributed by atoms with Crippen LogP contribution in [-0.2, 0) is 0 Å². The number of para-hydroxylation sites is 1. The number of fused-ring (bicyclic) bond motifs is 1. The van der Waals surface area contributed by atoms with E-state index in [1.165, 1.54) is 0 Å². The van der Waals surface area contributed by atoms with Crippen molar-refractivity contribution in [2.24, 2.45) is 0 Å². The summed E-state index contributed by atoms with van der Waals surface area (Å²) < 4.78 is 0. The number of rotatable bonds is 6. The third-order valence-electron chi connectivity index (χ3n) is 4.81. The van der Waals surface area contributed by atoms with Gasteiger partial charge in [0.05, 0.1) is 5.52 Å². The van der Waals surface area contributed by atoms with Crippen molar-refractivity contribution in [1.29, 1.82) is 0 Å². The Labute approximate surface area is 194 Å². The number of anilines is 7. The number of pyridine rings is 1. The summed E-state index contributed by atoms with van der Waals surface area (Å²) in [5.74, 6) is 0.826. The molecule has 5 aromatic rings. The van der Waals surface area contributed by atoms with Gasteiger partial charge in [-0.2, -0.15) is 15.0 Å². The maximum atomic E-state index is 6.08. The van der Waals surface area contributed by atoms with Gasteiger partial charge in [-0.1, -0.05) is 29.8 Å². The van der Waals surface area contributed by atoms with Gasteiger partial charge in [-0.3, -0.25) is 4.98 Å². The summed E-state index contributed by atoms with van der Waals surface area (Å²) in [4.78, 5) is 17.1. The van der Waals surface area contributed by atoms with Gasteiger partial charge in [0.2, 0.25) is 17.8 Å². The van der Waals surface area contributed by atoms with E-state index >= 15 is 0 Å². The first kappa shape index (κ1) is 20.5. The van der Waals surface area contributed by atoms with Crippen LogP contribution in [0.1, 0.15) is 0 Å². The van der Waals surface area contributed by atoms with Crippen LogP contribution in [0.25, 0.3) is 10.9 Å². The van der Waals surface area contributed by atoms with E-state index in [-0.39, 0.29) is 5.95 Å². The van der Waals surface area contributed by atoms with E-state index in [4.69, 9.17) is 17.3 Å². The maximum absolute atomic E-state index is 6.08. The van der Waals surface area contributed by atoms with Crippen LogP contribution in [0.5, 0.6) is 0 Å². The zero-order valence-corrected chi connectivity index (χ0v) is 18.1. The highest BCUT2D eigenvalue weighted by Gasteiger charge is 2.07. The molecule has 2 aromatic heterocycles. The first-order valence-electron chi connectivity index (χ1n) is 10.1. The molecule has 0 aliphatic rings. The standard InChI is InChI=1S/C24H19ClN8/c25-15-6-11-19-20(12-13-27-21(19)14-15)28-17-7-9-18(10-8-17)30-24-32-22(26)31-23(33-24)29-16-4-2-1-3-5-16/h1-14H,(H,27,28)(H4,26,29,30,31,32,33). The van der Waals surface area contributed by atoms with Crippen molar-refractivity contribution < 1.29 is 0 Å². The van der Waals surface area contributed by atoms with Gasteiger partial charge in [0.1, 0.15) is 0 Å². The Balaban J connectivity index is 1.31. The SMILES string of the molecule is Nc1nc(Nc2ccccc2)nc(Nc2ccc(Nc3ccnc4cc(Cl)ccc34)cc2)n1. The Morgan fingerprint density at radius 3 is 2.00 bits per heavy atom. The van der Waals surface area contributed by atoms with Crippen molar-refractivity contribution in [1.82, 2.24) is 19.9 Å². The topological polar surface area (TPSA) is 114 Å². The van der Waals surface area contributed by atoms with Gasteiger partial charge in [-0.05, 0) is 60.7 Å². The number of benzene rings is 3. The second-order valence-corrected chi connectivity index (χ2v) is 7.62. The van der Waals surface area contributed by atoms with Crippen LogP contribution in [0.4, 0.5) is 40.6 Å². The molecule has 5 rings (SSSR count). The third-order valence-corrected chi connectivity index (χ3v) is 5.04. The second-order valence-electron chi connectivity index (χ2n) is 7.18. The molecule has 0 unspecified atom stereocenters. The summed E-state index contributed by atoms with van der Waals surface area (Å²) in [6.07, 6.45) is 1.75. The van der Waals surface area contributed by atoms with Crippen molar-refractivity contribution >= 4 is 63.1 Å². The van der Waals surface area contributed by atoms with E-state index < -0.39 is 0 Å². The molecule has 0 saturated heterocycles. The van der Waals surface area contributed by atoms with Crippen molar-refractivity contribution in [3.8, 4) is 0 Å². The second kappa shape index (κ2) is 8.97. The molecule has 0 aliphatic carbocycles. The van der Waals surface area contributed by atoms with Crippen molar-refractivity contribution in [3.63, 3.8) is 0 Å². The first-order chi connectivity index (χ1) is 16.1. The smallest absolute Gasteiger partial charge is 0.233 e. The number of aromatic nitrogens is 4. The summed E-state index contributed by atoms with van der Waals surface area (Å²) in [6, 6.07) is 24.9. The molecule has 0 bridgehead atoms. The fourth-order valence-electron chi connectivity index (χ4n) is 3.31. The Kier molecular flexibility index (Phi) is 5.57. The number of nitrogens with zero attached hydrogens (tertiary/aromatic N) is 4. The molecule has 0 radical (unpaired) electrons. The fourth-order valence-corrected chi connectivity index (χ4v) is 3.47. The molecule has 0 saturated carbocycles. The summed E-state index contributed by atoms with van der Waals surface area (Å²) in [5.41, 5.74) is 10.2. The van der Waals surface area contributed by atoms with Crippen LogP contribution in [0.2, 0.25) is 5.02 Å². The van der Waals surface area contributed by atoms with E-state index in [9.17, 15) is 0 Å². The lowest BCUT2D eigenvalue weighted by Gasteiger charge is -2.11. The van der Waals surface area contributed by atoms with E-state index in [0.717, 1.165) is 33.7 Å². The molecule has 3 aromatic carbocycles. The third kappa shape index (κ3) is 4.91. The van der Waals surface area contributed by atoms with E-state index in [1.54, 1.807) is 6.20 Å². The Morgan fingerprint density at radius 1 is 0.667 bits per heavy atom. The van der Waals surface area contributed by atoms with Gasteiger partial charge in [0, 0.05) is 39.4 Å². The van der Waals surface area contributed by atoms with Crippen LogP contribution >= 0.6 is 11.6 Å². The Bertz CT molecular complexity index is 1410. The monoisotopic (exact) mass is 454 g/mol. The quantitative estimate of drug-likeness (QED) is 0.251. The highest BCUT2D eigenvalue weighted by molar-refractivity contribution is 6.31. The minimum Gasteiger partial charge on any atom is -0.368 e. The van der Waals surface area contributed by atoms with Gasteiger partial charge in [0.25, 0.3) is 0 Å². The highest BCUT2D eigenvalue weighted by Crippen LogP contribution is 2.28. The molecule has 0 spiro atoms. The molecule has 162 valence electrons. The lowest BCUT2D eigenvalue weighted by atomic mass is 10.2. The zero-order chi connectivity index (χ0) is 22.6. The number of hydrogen-bond acceptors (Lipinski definition) is 8. The molecule has 2 heterocycles. The molecule has 8 nitrogen and oxygen atoms in total. The van der Waals surface area contributed by atoms with Gasteiger partial charge >= 0.3 is 0 Å². The van der Waals surface area contributed by atoms with Gasteiger partial charge in [-0.15, -0.1) is 0 Å². The lowest BCUT2D eigenvalue weighted by molar-refractivity contribution is 1.07. The molecule has 0 aliphatic heterocycles. The minimum atomic E-state index is 0.119. The number of hydrogen-bond donors (Lipinski definition) is 4. The Hall–Kier alpha value is -4.43. The first-order valence-corrected chi connectivity index (χ1v) is 10.5. The van der Waals surface area contributed by atoms with E-state index in [0.29, 0.717) is 16.9 Å². The summed E-state index contributed by atoms with van der Waals surface area (Å²) >= 11 is 6.08. The highest BCUT2D eigenvalue weighted by atomic mass is 35.5. The molecular formula is C24H19ClN8. The zero-order valence-electron chi connectivity index (χ0n) is 17.3. The van der Waals surface area contributed by atoms with Crippen molar-refractivity contribution in [2.45, 2.75) is 0 Å². The van der Waals surface area contributed by atoms with E-state index in [1.807, 2.05) is 78.9 Å². The van der Waals surface area contributed by atoms with E-state index in [2.05, 4.69) is 35.9 Å². The minimum absolute atomic E-state index is 0.119. The Morgan fingerprint density at radius 2 is 1.30 bits per heavy atom. The normalized spacial score (nSPS) is 10.7.